The standard InChI is InChI=1S/C29H31ClF2O6S/c1-28-25(32)12-11-24(31)26(28)36-19-21(27(28)39(33,34)23-9-7-22(30)8-10-23)17-29(37-15-16-38-29)13-14-35-18-20-5-3-2-4-6-20/h2-12,21,25,27H,13-19H2,1H3/t21-,25?,27+,28?/m1/s1. The zero-order valence-corrected chi connectivity index (χ0v) is 23.1. The number of allylic oxidation sites excluding steroid dienone is 4. The molecule has 10 heteroatoms. The van der Waals surface area contributed by atoms with Crippen molar-refractivity contribution in [2.24, 2.45) is 11.3 Å². The Morgan fingerprint density at radius 1 is 1.08 bits per heavy atom. The van der Waals surface area contributed by atoms with Crippen molar-refractivity contribution in [1.82, 2.24) is 0 Å². The fourth-order valence-corrected chi connectivity index (χ4v) is 8.37. The van der Waals surface area contributed by atoms with Crippen LogP contribution in [0.2, 0.25) is 5.02 Å². The fraction of sp³-hybridized carbons (Fsp3) is 0.448. The highest BCUT2D eigenvalue weighted by Gasteiger charge is 2.61. The third kappa shape index (κ3) is 5.52. The van der Waals surface area contributed by atoms with Crippen LogP contribution in [0.3, 0.4) is 0 Å². The molecule has 2 heterocycles. The van der Waals surface area contributed by atoms with E-state index in [2.05, 4.69) is 0 Å². The summed E-state index contributed by atoms with van der Waals surface area (Å²) in [6.07, 6.45) is 0.669. The zero-order valence-electron chi connectivity index (χ0n) is 21.5. The molecule has 0 aromatic heterocycles. The van der Waals surface area contributed by atoms with Crippen molar-refractivity contribution in [3.05, 3.63) is 88.9 Å². The monoisotopic (exact) mass is 580 g/mol. The summed E-state index contributed by atoms with van der Waals surface area (Å²) in [6, 6.07) is 15.4. The van der Waals surface area contributed by atoms with Crippen molar-refractivity contribution in [2.75, 3.05) is 26.4 Å². The molecule has 0 spiro atoms. The molecule has 5 rings (SSSR count). The lowest BCUT2D eigenvalue weighted by atomic mass is 9.69. The van der Waals surface area contributed by atoms with Crippen LogP contribution in [-0.4, -0.2) is 52.1 Å². The minimum absolute atomic E-state index is 0.0277. The van der Waals surface area contributed by atoms with Crippen molar-refractivity contribution in [2.45, 2.75) is 48.5 Å². The first-order valence-electron chi connectivity index (χ1n) is 12.9. The lowest BCUT2D eigenvalue weighted by molar-refractivity contribution is -0.190. The SMILES string of the molecule is CC12C(=C(F)C=CC1F)OC[C@@H](CC1(CCOCc3ccccc3)OCCO1)[C@@H]2S(=O)(=O)c1ccc(Cl)cc1. The van der Waals surface area contributed by atoms with Crippen LogP contribution in [0, 0.1) is 11.3 Å². The van der Waals surface area contributed by atoms with Crippen LogP contribution in [-0.2, 0) is 35.4 Å². The maximum Gasteiger partial charge on any atom is 0.182 e. The van der Waals surface area contributed by atoms with E-state index in [4.69, 9.17) is 30.5 Å². The summed E-state index contributed by atoms with van der Waals surface area (Å²) >= 11 is 6.00. The molecule has 0 radical (unpaired) electrons. The largest absolute Gasteiger partial charge is 0.494 e. The number of alkyl halides is 1. The molecule has 4 atom stereocenters. The number of fused-ring (bicyclic) bond motifs is 1. The van der Waals surface area contributed by atoms with Crippen LogP contribution >= 0.6 is 11.6 Å². The van der Waals surface area contributed by atoms with Gasteiger partial charge in [0.15, 0.2) is 21.5 Å². The molecule has 0 N–H and O–H groups in total. The Morgan fingerprint density at radius 3 is 2.46 bits per heavy atom. The molecule has 2 fully saturated rings. The first-order chi connectivity index (χ1) is 18.7. The molecule has 1 aliphatic carbocycles. The Labute approximate surface area is 232 Å². The number of halogens is 3. The van der Waals surface area contributed by atoms with Gasteiger partial charge in [0.25, 0.3) is 0 Å². The predicted molar refractivity (Wildman–Crippen MR) is 142 cm³/mol. The summed E-state index contributed by atoms with van der Waals surface area (Å²) in [5, 5.41) is -1.00. The number of ether oxygens (including phenoxy) is 4. The molecule has 2 unspecified atom stereocenters. The summed E-state index contributed by atoms with van der Waals surface area (Å²) < 4.78 is 82.7. The topological polar surface area (TPSA) is 71.1 Å². The third-order valence-corrected chi connectivity index (χ3v) is 10.5. The van der Waals surface area contributed by atoms with Gasteiger partial charge < -0.3 is 18.9 Å². The molecule has 0 amide bonds. The second kappa shape index (κ2) is 11.3. The Kier molecular flexibility index (Phi) is 8.18. The molecule has 2 aromatic carbocycles. The molecule has 6 nitrogen and oxygen atoms in total. The van der Waals surface area contributed by atoms with E-state index in [0.717, 1.165) is 17.7 Å². The van der Waals surface area contributed by atoms with E-state index < -0.39 is 44.2 Å². The molecule has 2 aliphatic heterocycles. The number of benzene rings is 2. The molecule has 2 saturated heterocycles. The van der Waals surface area contributed by atoms with Crippen LogP contribution in [0.1, 0.15) is 25.3 Å². The van der Waals surface area contributed by atoms with Gasteiger partial charge in [-0.2, -0.15) is 0 Å². The second-order valence-electron chi connectivity index (χ2n) is 10.3. The van der Waals surface area contributed by atoms with Crippen molar-refractivity contribution in [3.63, 3.8) is 0 Å². The molecular weight excluding hydrogens is 550 g/mol. The molecule has 210 valence electrons. The maximum atomic E-state index is 15.7. The average molecular weight is 581 g/mol. The molecule has 0 bridgehead atoms. The number of hydrogen-bond acceptors (Lipinski definition) is 6. The highest BCUT2D eigenvalue weighted by Crippen LogP contribution is 2.54. The highest BCUT2D eigenvalue weighted by atomic mass is 35.5. The highest BCUT2D eigenvalue weighted by molar-refractivity contribution is 7.92. The van der Waals surface area contributed by atoms with Crippen LogP contribution in [0.15, 0.2) is 83.2 Å². The van der Waals surface area contributed by atoms with Gasteiger partial charge in [-0.15, -0.1) is 0 Å². The van der Waals surface area contributed by atoms with E-state index in [1.54, 1.807) is 0 Å². The van der Waals surface area contributed by atoms with Gasteiger partial charge in [-0.25, -0.2) is 17.2 Å². The van der Waals surface area contributed by atoms with Gasteiger partial charge in [-0.05, 0) is 48.9 Å². The summed E-state index contributed by atoms with van der Waals surface area (Å²) in [5.41, 5.74) is -0.785. The third-order valence-electron chi connectivity index (χ3n) is 7.75. The van der Waals surface area contributed by atoms with Crippen molar-refractivity contribution >= 4 is 21.4 Å². The zero-order chi connectivity index (χ0) is 27.7. The predicted octanol–water partition coefficient (Wildman–Crippen LogP) is 5.96. The molecule has 0 saturated carbocycles. The quantitative estimate of drug-likeness (QED) is 0.341. The van der Waals surface area contributed by atoms with Crippen LogP contribution in [0.25, 0.3) is 0 Å². The average Bonchev–Trinajstić information content (AvgIpc) is 3.38. The van der Waals surface area contributed by atoms with Gasteiger partial charge in [-0.1, -0.05) is 41.9 Å². The van der Waals surface area contributed by atoms with Crippen molar-refractivity contribution in [1.29, 1.82) is 0 Å². The molecule has 2 aromatic rings. The van der Waals surface area contributed by atoms with E-state index in [1.807, 2.05) is 30.3 Å². The van der Waals surface area contributed by atoms with E-state index in [-0.39, 0.29) is 23.7 Å². The summed E-state index contributed by atoms with van der Waals surface area (Å²) in [6.45, 7) is 2.61. The van der Waals surface area contributed by atoms with E-state index in [1.165, 1.54) is 31.2 Å². The molecule has 39 heavy (non-hydrogen) atoms. The lowest BCUT2D eigenvalue weighted by Crippen LogP contribution is -2.57. The van der Waals surface area contributed by atoms with Crippen molar-refractivity contribution < 1.29 is 36.1 Å². The number of rotatable bonds is 9. The van der Waals surface area contributed by atoms with E-state index in [0.29, 0.717) is 37.9 Å². The second-order valence-corrected chi connectivity index (χ2v) is 12.8. The van der Waals surface area contributed by atoms with Crippen molar-refractivity contribution in [3.8, 4) is 0 Å². The maximum absolute atomic E-state index is 15.7. The lowest BCUT2D eigenvalue weighted by Gasteiger charge is -2.49. The summed E-state index contributed by atoms with van der Waals surface area (Å²) in [4.78, 5) is -0.0277. The Morgan fingerprint density at radius 2 is 1.77 bits per heavy atom. The normalized spacial score (nSPS) is 28.3. The van der Waals surface area contributed by atoms with Gasteiger partial charge in [0.2, 0.25) is 0 Å². The van der Waals surface area contributed by atoms with Crippen LogP contribution in [0.4, 0.5) is 8.78 Å². The first-order valence-corrected chi connectivity index (χ1v) is 14.8. The number of sulfone groups is 1. The Balaban J connectivity index is 1.44. The fourth-order valence-electron chi connectivity index (χ4n) is 5.87. The minimum atomic E-state index is -4.20. The van der Waals surface area contributed by atoms with Crippen LogP contribution < -0.4 is 0 Å². The van der Waals surface area contributed by atoms with Gasteiger partial charge >= 0.3 is 0 Å². The summed E-state index contributed by atoms with van der Waals surface area (Å²) in [7, 11) is -4.20. The molecule has 3 aliphatic rings. The first kappa shape index (κ1) is 28.2. The molecular formula is C29H31ClF2O6S. The Bertz CT molecular complexity index is 1330. The summed E-state index contributed by atoms with van der Waals surface area (Å²) in [5.74, 6) is -2.99. The minimum Gasteiger partial charge on any atom is -0.494 e. The van der Waals surface area contributed by atoms with Gasteiger partial charge in [0.05, 0.1) is 48.6 Å². The van der Waals surface area contributed by atoms with Crippen LogP contribution in [0.5, 0.6) is 0 Å². The van der Waals surface area contributed by atoms with E-state index >= 15 is 4.39 Å². The smallest absolute Gasteiger partial charge is 0.182 e. The number of hydrogen-bond donors (Lipinski definition) is 0. The Hall–Kier alpha value is -2.30. The van der Waals surface area contributed by atoms with E-state index in [9.17, 15) is 12.8 Å². The van der Waals surface area contributed by atoms with Gasteiger partial charge in [0.1, 0.15) is 11.9 Å². The van der Waals surface area contributed by atoms with Gasteiger partial charge in [-0.3, -0.25) is 0 Å². The van der Waals surface area contributed by atoms with Gasteiger partial charge in [0, 0.05) is 23.8 Å².